The Balaban J connectivity index is 2.20. The lowest BCUT2D eigenvalue weighted by molar-refractivity contribution is 0.758. The summed E-state index contributed by atoms with van der Waals surface area (Å²) in [5.41, 5.74) is 1.36. The van der Waals surface area contributed by atoms with E-state index in [0.29, 0.717) is 12.1 Å². The molecule has 0 aliphatic heterocycles. The van der Waals surface area contributed by atoms with Gasteiger partial charge in [0.1, 0.15) is 17.5 Å². The van der Waals surface area contributed by atoms with E-state index in [9.17, 15) is 0 Å². The number of anilines is 1. The standard InChI is InChI=1S/C11H11BrN4S/c1-7-8(5-13)11(16(2)15-7)14-6-10-9(12)3-4-17-10/h3-4,14H,6H2,1-2H3. The van der Waals surface area contributed by atoms with E-state index in [1.54, 1.807) is 16.0 Å². The number of nitriles is 1. The van der Waals surface area contributed by atoms with Crippen molar-refractivity contribution in [1.82, 2.24) is 9.78 Å². The molecule has 0 unspecified atom stereocenters. The first-order chi connectivity index (χ1) is 8.13. The molecule has 0 saturated heterocycles. The largest absolute Gasteiger partial charge is 0.364 e. The Bertz CT molecular complexity index is 579. The van der Waals surface area contributed by atoms with Gasteiger partial charge in [0.05, 0.1) is 12.2 Å². The number of hydrogen-bond donors (Lipinski definition) is 1. The molecule has 2 aromatic rings. The van der Waals surface area contributed by atoms with Gasteiger partial charge in [-0.05, 0) is 34.3 Å². The van der Waals surface area contributed by atoms with Crippen LogP contribution in [-0.4, -0.2) is 9.78 Å². The Morgan fingerprint density at radius 1 is 1.65 bits per heavy atom. The molecule has 0 atom stereocenters. The highest BCUT2D eigenvalue weighted by Crippen LogP contribution is 2.25. The number of hydrogen-bond acceptors (Lipinski definition) is 4. The SMILES string of the molecule is Cc1nn(C)c(NCc2sccc2Br)c1C#N. The Morgan fingerprint density at radius 2 is 2.41 bits per heavy atom. The second-order valence-electron chi connectivity index (χ2n) is 3.59. The summed E-state index contributed by atoms with van der Waals surface area (Å²) in [6.45, 7) is 2.52. The fraction of sp³-hybridized carbons (Fsp3) is 0.273. The molecule has 0 amide bonds. The average molecular weight is 311 g/mol. The zero-order chi connectivity index (χ0) is 12.4. The molecule has 0 saturated carbocycles. The smallest absolute Gasteiger partial charge is 0.142 e. The normalized spacial score (nSPS) is 10.2. The van der Waals surface area contributed by atoms with Crippen molar-refractivity contribution >= 4 is 33.1 Å². The molecule has 0 aliphatic rings. The number of aromatic nitrogens is 2. The van der Waals surface area contributed by atoms with Crippen LogP contribution in [0.15, 0.2) is 15.9 Å². The minimum atomic E-state index is 0.611. The first-order valence-electron chi connectivity index (χ1n) is 5.03. The molecular weight excluding hydrogens is 300 g/mol. The molecule has 4 nitrogen and oxygen atoms in total. The van der Waals surface area contributed by atoms with Gasteiger partial charge in [-0.25, -0.2) is 0 Å². The zero-order valence-corrected chi connectivity index (χ0v) is 11.9. The highest BCUT2D eigenvalue weighted by Gasteiger charge is 2.12. The maximum Gasteiger partial charge on any atom is 0.142 e. The highest BCUT2D eigenvalue weighted by molar-refractivity contribution is 9.10. The van der Waals surface area contributed by atoms with E-state index in [-0.39, 0.29) is 0 Å². The van der Waals surface area contributed by atoms with Crippen molar-refractivity contribution in [3.8, 4) is 6.07 Å². The van der Waals surface area contributed by atoms with Crippen LogP contribution in [-0.2, 0) is 13.6 Å². The van der Waals surface area contributed by atoms with E-state index in [4.69, 9.17) is 5.26 Å². The lowest BCUT2D eigenvalue weighted by Crippen LogP contribution is -2.05. The molecule has 0 fully saturated rings. The fourth-order valence-electron chi connectivity index (χ4n) is 1.61. The third-order valence-corrected chi connectivity index (χ3v) is 4.37. The van der Waals surface area contributed by atoms with E-state index in [2.05, 4.69) is 32.4 Å². The lowest BCUT2D eigenvalue weighted by atomic mass is 10.2. The summed E-state index contributed by atoms with van der Waals surface area (Å²) in [6, 6.07) is 4.19. The summed E-state index contributed by atoms with van der Waals surface area (Å²) in [5.74, 6) is 0.769. The number of thiophene rings is 1. The van der Waals surface area contributed by atoms with E-state index in [0.717, 1.165) is 16.0 Å². The molecule has 0 radical (unpaired) electrons. The van der Waals surface area contributed by atoms with Crippen molar-refractivity contribution in [3.63, 3.8) is 0 Å². The molecular formula is C11H11BrN4S. The summed E-state index contributed by atoms with van der Waals surface area (Å²) >= 11 is 5.16. The third-order valence-electron chi connectivity index (χ3n) is 2.44. The average Bonchev–Trinajstić information content (AvgIpc) is 2.80. The van der Waals surface area contributed by atoms with E-state index < -0.39 is 0 Å². The molecule has 0 spiro atoms. The molecule has 6 heteroatoms. The van der Waals surface area contributed by atoms with Crippen molar-refractivity contribution in [2.45, 2.75) is 13.5 Å². The van der Waals surface area contributed by atoms with Gasteiger partial charge in [-0.2, -0.15) is 10.4 Å². The predicted octanol–water partition coefficient (Wildman–Crippen LogP) is 3.04. The van der Waals surface area contributed by atoms with Gasteiger partial charge in [0, 0.05) is 16.4 Å². The second-order valence-corrected chi connectivity index (χ2v) is 5.44. The number of rotatable bonds is 3. The van der Waals surface area contributed by atoms with Gasteiger partial charge in [-0.15, -0.1) is 11.3 Å². The van der Waals surface area contributed by atoms with Gasteiger partial charge < -0.3 is 5.32 Å². The zero-order valence-electron chi connectivity index (χ0n) is 9.49. The molecule has 1 N–H and O–H groups in total. The van der Waals surface area contributed by atoms with Crippen LogP contribution in [0.25, 0.3) is 0 Å². The van der Waals surface area contributed by atoms with Crippen LogP contribution in [0, 0.1) is 18.3 Å². The van der Waals surface area contributed by atoms with Crippen LogP contribution in [0.5, 0.6) is 0 Å². The van der Waals surface area contributed by atoms with Gasteiger partial charge in [0.2, 0.25) is 0 Å². The number of nitrogens with zero attached hydrogens (tertiary/aromatic N) is 3. The summed E-state index contributed by atoms with van der Waals surface area (Å²) in [6.07, 6.45) is 0. The van der Waals surface area contributed by atoms with Crippen molar-refractivity contribution in [3.05, 3.63) is 32.1 Å². The lowest BCUT2D eigenvalue weighted by Gasteiger charge is -2.06. The molecule has 0 aromatic carbocycles. The van der Waals surface area contributed by atoms with Gasteiger partial charge in [0.25, 0.3) is 0 Å². The minimum absolute atomic E-state index is 0.611. The molecule has 2 heterocycles. The number of aryl methyl sites for hydroxylation is 2. The van der Waals surface area contributed by atoms with Gasteiger partial charge >= 0.3 is 0 Å². The number of halogens is 1. The molecule has 0 aliphatic carbocycles. The van der Waals surface area contributed by atoms with Crippen LogP contribution >= 0.6 is 27.3 Å². The molecule has 2 aromatic heterocycles. The van der Waals surface area contributed by atoms with Crippen LogP contribution in [0.4, 0.5) is 5.82 Å². The highest BCUT2D eigenvalue weighted by atomic mass is 79.9. The van der Waals surface area contributed by atoms with Crippen LogP contribution in [0.3, 0.4) is 0 Å². The second kappa shape index (κ2) is 4.90. The minimum Gasteiger partial charge on any atom is -0.364 e. The van der Waals surface area contributed by atoms with Crippen LogP contribution < -0.4 is 5.32 Å². The maximum atomic E-state index is 9.07. The maximum absolute atomic E-state index is 9.07. The summed E-state index contributed by atoms with van der Waals surface area (Å²) in [7, 11) is 1.83. The summed E-state index contributed by atoms with van der Waals surface area (Å²) in [4.78, 5) is 1.20. The topological polar surface area (TPSA) is 53.6 Å². The van der Waals surface area contributed by atoms with Crippen molar-refractivity contribution in [2.24, 2.45) is 7.05 Å². The monoisotopic (exact) mass is 310 g/mol. The third kappa shape index (κ3) is 2.35. The van der Waals surface area contributed by atoms with E-state index in [1.807, 2.05) is 25.4 Å². The van der Waals surface area contributed by atoms with Gasteiger partial charge in [0.15, 0.2) is 0 Å². The number of nitrogens with one attached hydrogen (secondary N) is 1. The van der Waals surface area contributed by atoms with E-state index in [1.165, 1.54) is 4.88 Å². The summed E-state index contributed by atoms with van der Waals surface area (Å²) < 4.78 is 2.79. The first-order valence-corrected chi connectivity index (χ1v) is 6.70. The molecule has 2 rings (SSSR count). The van der Waals surface area contributed by atoms with Gasteiger partial charge in [-0.1, -0.05) is 0 Å². The first kappa shape index (κ1) is 12.1. The van der Waals surface area contributed by atoms with Crippen LogP contribution in [0.2, 0.25) is 0 Å². The fourth-order valence-corrected chi connectivity index (χ4v) is 3.04. The molecule has 17 heavy (non-hydrogen) atoms. The predicted molar refractivity (Wildman–Crippen MR) is 72.0 cm³/mol. The van der Waals surface area contributed by atoms with Crippen molar-refractivity contribution < 1.29 is 0 Å². The Kier molecular flexibility index (Phi) is 3.50. The van der Waals surface area contributed by atoms with Gasteiger partial charge in [-0.3, -0.25) is 4.68 Å². The summed E-state index contributed by atoms with van der Waals surface area (Å²) in [5, 5.41) is 18.6. The quantitative estimate of drug-likeness (QED) is 0.948. The molecule has 0 bridgehead atoms. The Hall–Kier alpha value is -1.32. The van der Waals surface area contributed by atoms with Crippen LogP contribution in [0.1, 0.15) is 16.1 Å². The van der Waals surface area contributed by atoms with Crippen molar-refractivity contribution in [1.29, 1.82) is 5.26 Å². The Morgan fingerprint density at radius 3 is 3.00 bits per heavy atom. The Labute approximate surface area is 112 Å². The van der Waals surface area contributed by atoms with E-state index >= 15 is 0 Å². The molecule has 88 valence electrons. The van der Waals surface area contributed by atoms with Crippen molar-refractivity contribution in [2.75, 3.05) is 5.32 Å².